The molecule has 1 aliphatic rings. The minimum absolute atomic E-state index is 0.0112. The van der Waals surface area contributed by atoms with Crippen molar-refractivity contribution in [2.24, 2.45) is 0 Å². The number of carbonyl (C=O) groups is 1. The SMILES string of the molecule is O=C(OC1CCCCC1)c1ccc(-c2ccc(C(F)(F)F)cc2)s1. The number of carbonyl (C=O) groups excluding carboxylic acids is 1. The van der Waals surface area contributed by atoms with Crippen LogP contribution < -0.4 is 0 Å². The molecule has 0 bridgehead atoms. The Labute approximate surface area is 142 Å². The van der Waals surface area contributed by atoms with E-state index in [0.29, 0.717) is 10.4 Å². The Morgan fingerprint density at radius 1 is 1.00 bits per heavy atom. The molecule has 1 heterocycles. The van der Waals surface area contributed by atoms with Crippen molar-refractivity contribution in [1.82, 2.24) is 0 Å². The number of rotatable bonds is 3. The smallest absolute Gasteiger partial charge is 0.416 e. The van der Waals surface area contributed by atoms with Gasteiger partial charge in [0.15, 0.2) is 0 Å². The number of halogens is 3. The number of hydrogen-bond donors (Lipinski definition) is 0. The lowest BCUT2D eigenvalue weighted by molar-refractivity contribution is -0.137. The number of ether oxygens (including phenoxy) is 1. The number of benzene rings is 1. The molecule has 1 aromatic carbocycles. The highest BCUT2D eigenvalue weighted by Crippen LogP contribution is 2.33. The Morgan fingerprint density at radius 3 is 2.29 bits per heavy atom. The molecule has 6 heteroatoms. The molecule has 0 aliphatic heterocycles. The zero-order chi connectivity index (χ0) is 17.2. The number of alkyl halides is 3. The van der Waals surface area contributed by atoms with Gasteiger partial charge in [-0.25, -0.2) is 4.79 Å². The average molecular weight is 354 g/mol. The second-order valence-corrected chi connectivity index (χ2v) is 6.99. The minimum Gasteiger partial charge on any atom is -0.458 e. The fourth-order valence-corrected chi connectivity index (χ4v) is 3.71. The average Bonchev–Trinajstić information content (AvgIpc) is 3.05. The number of esters is 1. The van der Waals surface area contributed by atoms with Gasteiger partial charge in [-0.3, -0.25) is 0 Å². The third kappa shape index (κ3) is 3.98. The van der Waals surface area contributed by atoms with Crippen molar-refractivity contribution >= 4 is 17.3 Å². The fourth-order valence-electron chi connectivity index (χ4n) is 2.82. The van der Waals surface area contributed by atoms with Gasteiger partial charge in [-0.15, -0.1) is 11.3 Å². The molecule has 0 saturated heterocycles. The van der Waals surface area contributed by atoms with Gasteiger partial charge in [0.2, 0.25) is 0 Å². The van der Waals surface area contributed by atoms with Gasteiger partial charge in [-0.1, -0.05) is 18.6 Å². The molecule has 1 aromatic heterocycles. The molecule has 0 amide bonds. The van der Waals surface area contributed by atoms with E-state index in [1.54, 1.807) is 12.1 Å². The van der Waals surface area contributed by atoms with Gasteiger partial charge in [-0.05, 0) is 55.5 Å². The lowest BCUT2D eigenvalue weighted by Crippen LogP contribution is -2.20. The van der Waals surface area contributed by atoms with E-state index in [1.165, 1.54) is 29.9 Å². The largest absolute Gasteiger partial charge is 0.458 e. The van der Waals surface area contributed by atoms with Crippen molar-refractivity contribution in [1.29, 1.82) is 0 Å². The van der Waals surface area contributed by atoms with Crippen LogP contribution in [0.5, 0.6) is 0 Å². The van der Waals surface area contributed by atoms with Crippen molar-refractivity contribution in [3.63, 3.8) is 0 Å². The van der Waals surface area contributed by atoms with Crippen LogP contribution in [0.3, 0.4) is 0 Å². The maximum absolute atomic E-state index is 12.6. The Balaban J connectivity index is 1.69. The van der Waals surface area contributed by atoms with Crippen molar-refractivity contribution < 1.29 is 22.7 Å². The van der Waals surface area contributed by atoms with Crippen LogP contribution in [-0.2, 0) is 10.9 Å². The lowest BCUT2D eigenvalue weighted by atomic mass is 9.98. The van der Waals surface area contributed by atoms with Crippen LogP contribution in [0.4, 0.5) is 13.2 Å². The summed E-state index contributed by atoms with van der Waals surface area (Å²) >= 11 is 1.24. The predicted molar refractivity (Wildman–Crippen MR) is 87.0 cm³/mol. The Morgan fingerprint density at radius 2 is 1.67 bits per heavy atom. The summed E-state index contributed by atoms with van der Waals surface area (Å²) in [5, 5.41) is 0. The highest BCUT2D eigenvalue weighted by Gasteiger charge is 2.30. The van der Waals surface area contributed by atoms with Crippen LogP contribution >= 0.6 is 11.3 Å². The fraction of sp³-hybridized carbons (Fsp3) is 0.389. The summed E-state index contributed by atoms with van der Waals surface area (Å²) in [5.74, 6) is -0.343. The highest BCUT2D eigenvalue weighted by molar-refractivity contribution is 7.17. The molecule has 0 spiro atoms. The first-order valence-corrected chi connectivity index (χ1v) is 8.73. The van der Waals surface area contributed by atoms with Gasteiger partial charge in [-0.2, -0.15) is 13.2 Å². The third-order valence-electron chi connectivity index (χ3n) is 4.13. The summed E-state index contributed by atoms with van der Waals surface area (Å²) in [6.07, 6.45) is 0.806. The molecule has 1 aliphatic carbocycles. The van der Waals surface area contributed by atoms with E-state index in [9.17, 15) is 18.0 Å². The molecule has 0 N–H and O–H groups in total. The number of thiophene rings is 1. The van der Waals surface area contributed by atoms with Crippen molar-refractivity contribution in [2.75, 3.05) is 0 Å². The summed E-state index contributed by atoms with van der Waals surface area (Å²) in [5.41, 5.74) is -0.0237. The molecule has 0 unspecified atom stereocenters. The summed E-state index contributed by atoms with van der Waals surface area (Å²) in [6, 6.07) is 8.35. The molecule has 2 aromatic rings. The van der Waals surface area contributed by atoms with E-state index >= 15 is 0 Å². The van der Waals surface area contributed by atoms with Crippen LogP contribution in [0.2, 0.25) is 0 Å². The van der Waals surface area contributed by atoms with Crippen LogP contribution in [0, 0.1) is 0 Å². The first-order valence-electron chi connectivity index (χ1n) is 7.92. The first-order chi connectivity index (χ1) is 11.4. The van der Waals surface area contributed by atoms with Gasteiger partial charge in [0.05, 0.1) is 5.56 Å². The molecule has 1 saturated carbocycles. The Kier molecular flexibility index (Phi) is 4.94. The molecular formula is C18H17F3O2S. The van der Waals surface area contributed by atoms with E-state index in [1.807, 2.05) is 0 Å². The van der Waals surface area contributed by atoms with Gasteiger partial charge in [0.1, 0.15) is 11.0 Å². The molecule has 1 fully saturated rings. The molecule has 2 nitrogen and oxygen atoms in total. The minimum atomic E-state index is -4.34. The van der Waals surface area contributed by atoms with Crippen molar-refractivity contribution in [3.8, 4) is 10.4 Å². The van der Waals surface area contributed by atoms with Gasteiger partial charge in [0.25, 0.3) is 0 Å². The summed E-state index contributed by atoms with van der Waals surface area (Å²) in [4.78, 5) is 13.4. The lowest BCUT2D eigenvalue weighted by Gasteiger charge is -2.21. The Hall–Kier alpha value is -1.82. The predicted octanol–water partition coefficient (Wildman–Crippen LogP) is 5.92. The summed E-state index contributed by atoms with van der Waals surface area (Å²) in [6.45, 7) is 0. The molecule has 0 radical (unpaired) electrons. The quantitative estimate of drug-likeness (QED) is 0.639. The first kappa shape index (κ1) is 17.0. The maximum Gasteiger partial charge on any atom is 0.416 e. The topological polar surface area (TPSA) is 26.3 Å². The van der Waals surface area contributed by atoms with E-state index in [4.69, 9.17) is 4.74 Å². The second-order valence-electron chi connectivity index (χ2n) is 5.90. The molecule has 3 rings (SSSR count). The van der Waals surface area contributed by atoms with E-state index < -0.39 is 11.7 Å². The second kappa shape index (κ2) is 6.97. The van der Waals surface area contributed by atoms with Crippen molar-refractivity contribution in [3.05, 3.63) is 46.8 Å². The maximum atomic E-state index is 12.6. The number of hydrogen-bond acceptors (Lipinski definition) is 3. The van der Waals surface area contributed by atoms with E-state index in [0.717, 1.165) is 42.7 Å². The molecule has 0 atom stereocenters. The Bertz CT molecular complexity index is 698. The molecule has 128 valence electrons. The van der Waals surface area contributed by atoms with Crippen LogP contribution in [0.25, 0.3) is 10.4 Å². The summed E-state index contributed by atoms with van der Waals surface area (Å²) < 4.78 is 43.3. The van der Waals surface area contributed by atoms with Gasteiger partial charge in [0, 0.05) is 4.88 Å². The zero-order valence-corrected chi connectivity index (χ0v) is 13.8. The normalized spacial score (nSPS) is 16.1. The zero-order valence-electron chi connectivity index (χ0n) is 12.9. The van der Waals surface area contributed by atoms with E-state index in [2.05, 4.69) is 0 Å². The van der Waals surface area contributed by atoms with Gasteiger partial charge < -0.3 is 4.74 Å². The van der Waals surface area contributed by atoms with Crippen molar-refractivity contribution in [2.45, 2.75) is 44.4 Å². The molecular weight excluding hydrogens is 337 g/mol. The third-order valence-corrected chi connectivity index (χ3v) is 5.24. The monoisotopic (exact) mass is 354 g/mol. The van der Waals surface area contributed by atoms with Crippen LogP contribution in [0.15, 0.2) is 36.4 Å². The van der Waals surface area contributed by atoms with Gasteiger partial charge >= 0.3 is 12.1 Å². The highest BCUT2D eigenvalue weighted by atomic mass is 32.1. The van der Waals surface area contributed by atoms with E-state index in [-0.39, 0.29) is 12.1 Å². The summed E-state index contributed by atoms with van der Waals surface area (Å²) in [7, 11) is 0. The standard InChI is InChI=1S/C18H17F3O2S/c19-18(20,21)13-8-6-12(7-9-13)15-10-11-16(24-15)17(22)23-14-4-2-1-3-5-14/h6-11,14H,1-5H2. The van der Waals surface area contributed by atoms with Crippen LogP contribution in [-0.4, -0.2) is 12.1 Å². The van der Waals surface area contributed by atoms with Crippen LogP contribution in [0.1, 0.15) is 47.3 Å². The molecule has 24 heavy (non-hydrogen) atoms.